The molecular formula is C30H40N6O6. The van der Waals surface area contributed by atoms with E-state index in [9.17, 15) is 14.4 Å². The predicted molar refractivity (Wildman–Crippen MR) is 157 cm³/mol. The number of allylic oxidation sites excluding steroid dienone is 1. The van der Waals surface area contributed by atoms with Crippen molar-refractivity contribution >= 4 is 24.5 Å². The van der Waals surface area contributed by atoms with E-state index in [4.69, 9.17) is 14.2 Å². The van der Waals surface area contributed by atoms with Crippen molar-refractivity contribution in [1.29, 1.82) is 0 Å². The molecule has 12 heteroatoms. The monoisotopic (exact) mass is 580 g/mol. The minimum absolute atomic E-state index is 0.283. The molecule has 3 rings (SSSR count). The first-order chi connectivity index (χ1) is 20.3. The van der Waals surface area contributed by atoms with E-state index in [1.807, 2.05) is 42.6 Å². The van der Waals surface area contributed by atoms with Crippen molar-refractivity contribution in [2.45, 2.75) is 38.2 Å². The molecule has 0 bridgehead atoms. The first kappa shape index (κ1) is 32.0. The maximum Gasteiger partial charge on any atom is 0.410 e. The number of hydrogen-bond acceptors (Lipinski definition) is 9. The predicted octanol–water partition coefficient (Wildman–Crippen LogP) is 3.97. The molecule has 3 heterocycles. The summed E-state index contributed by atoms with van der Waals surface area (Å²) in [5.74, 6) is 0. The highest BCUT2D eigenvalue weighted by atomic mass is 16.6. The van der Waals surface area contributed by atoms with Crippen molar-refractivity contribution in [2.24, 2.45) is 4.99 Å². The smallest absolute Gasteiger partial charge is 0.410 e. The van der Waals surface area contributed by atoms with Gasteiger partial charge in [0.2, 0.25) is 0 Å². The second-order valence-electron chi connectivity index (χ2n) is 9.90. The number of carbonyl (C=O) groups is 3. The lowest BCUT2D eigenvalue weighted by Crippen LogP contribution is -2.39. The third kappa shape index (κ3) is 11.6. The highest BCUT2D eigenvalue weighted by molar-refractivity contribution is 5.69. The first-order valence-corrected chi connectivity index (χ1v) is 14.0. The largest absolute Gasteiger partial charge is 0.445 e. The highest BCUT2D eigenvalue weighted by Gasteiger charge is 2.23. The Balaban J connectivity index is 1.51. The van der Waals surface area contributed by atoms with Crippen LogP contribution in [0.2, 0.25) is 0 Å². The Kier molecular flexibility index (Phi) is 13.2. The minimum Gasteiger partial charge on any atom is -0.445 e. The van der Waals surface area contributed by atoms with Crippen LogP contribution in [0.4, 0.5) is 14.4 Å². The second kappa shape index (κ2) is 17.4. The maximum absolute atomic E-state index is 12.8. The molecule has 226 valence electrons. The summed E-state index contributed by atoms with van der Waals surface area (Å²) < 4.78 is 16.4. The minimum atomic E-state index is -1.01. The van der Waals surface area contributed by atoms with E-state index in [1.165, 1.54) is 14.7 Å². The Morgan fingerprint density at radius 3 is 1.74 bits per heavy atom. The molecule has 0 aliphatic carbocycles. The molecule has 0 saturated heterocycles. The highest BCUT2D eigenvalue weighted by Crippen LogP contribution is 2.12. The first-order valence-electron chi connectivity index (χ1n) is 14.0. The van der Waals surface area contributed by atoms with Crippen LogP contribution in [0.25, 0.3) is 0 Å². The number of carbonyl (C=O) groups excluding carboxylic acids is 3. The van der Waals surface area contributed by atoms with Crippen LogP contribution in [-0.4, -0.2) is 109 Å². The molecule has 42 heavy (non-hydrogen) atoms. The number of rotatable bonds is 14. The number of aromatic nitrogens is 2. The fourth-order valence-corrected chi connectivity index (χ4v) is 3.84. The van der Waals surface area contributed by atoms with Crippen molar-refractivity contribution in [3.8, 4) is 0 Å². The van der Waals surface area contributed by atoms with Gasteiger partial charge in [-0.25, -0.2) is 14.4 Å². The van der Waals surface area contributed by atoms with Gasteiger partial charge in [-0.2, -0.15) is 0 Å². The van der Waals surface area contributed by atoms with Gasteiger partial charge in [0.15, 0.2) is 6.10 Å². The molecule has 1 aliphatic heterocycles. The molecular weight excluding hydrogens is 540 g/mol. The summed E-state index contributed by atoms with van der Waals surface area (Å²) in [5, 5.41) is 0. The van der Waals surface area contributed by atoms with Crippen LogP contribution in [0.5, 0.6) is 0 Å². The van der Waals surface area contributed by atoms with E-state index >= 15 is 0 Å². The Morgan fingerprint density at radius 2 is 1.26 bits per heavy atom. The lowest BCUT2D eigenvalue weighted by atomic mass is 10.2. The molecule has 1 aliphatic rings. The number of ether oxygens (including phenoxy) is 3. The molecule has 0 radical (unpaired) electrons. The van der Waals surface area contributed by atoms with Crippen LogP contribution in [0.1, 0.15) is 30.7 Å². The van der Waals surface area contributed by atoms with Crippen LogP contribution < -0.4 is 0 Å². The Labute approximate surface area is 247 Å². The van der Waals surface area contributed by atoms with Crippen LogP contribution in [0.3, 0.4) is 0 Å². The SMILES string of the molecule is CN(CCC1=CCCC=N1)C(=O)OCC(COC(=O)N(C)CCc1ccccn1)OC(=O)N(C)CCc1ccccn1. The van der Waals surface area contributed by atoms with Crippen LogP contribution >= 0.6 is 0 Å². The zero-order valence-corrected chi connectivity index (χ0v) is 24.6. The van der Waals surface area contributed by atoms with Gasteiger partial charge >= 0.3 is 18.3 Å². The molecule has 0 fully saturated rings. The second-order valence-corrected chi connectivity index (χ2v) is 9.90. The van der Waals surface area contributed by atoms with E-state index in [1.54, 1.807) is 33.5 Å². The van der Waals surface area contributed by atoms with Crippen LogP contribution in [-0.2, 0) is 27.1 Å². The molecule has 3 amide bonds. The quantitative estimate of drug-likeness (QED) is 0.307. The summed E-state index contributed by atoms with van der Waals surface area (Å²) in [7, 11) is 4.83. The van der Waals surface area contributed by atoms with Crippen LogP contribution in [0, 0.1) is 0 Å². The number of pyridine rings is 2. The molecule has 0 N–H and O–H groups in total. The Morgan fingerprint density at radius 1 is 0.738 bits per heavy atom. The molecule has 2 aromatic rings. The number of nitrogens with zero attached hydrogens (tertiary/aromatic N) is 6. The fraction of sp³-hybridized carbons (Fsp3) is 0.467. The summed E-state index contributed by atoms with van der Waals surface area (Å²) >= 11 is 0. The van der Waals surface area contributed by atoms with Crippen molar-refractivity contribution in [3.05, 3.63) is 72.0 Å². The molecule has 0 aromatic carbocycles. The third-order valence-electron chi connectivity index (χ3n) is 6.48. The third-order valence-corrected chi connectivity index (χ3v) is 6.48. The maximum atomic E-state index is 12.8. The van der Waals surface area contributed by atoms with Crippen LogP contribution in [0.15, 0.2) is 65.6 Å². The van der Waals surface area contributed by atoms with Crippen molar-refractivity contribution in [2.75, 3.05) is 54.0 Å². The van der Waals surface area contributed by atoms with Gasteiger partial charge in [-0.1, -0.05) is 18.2 Å². The molecule has 12 nitrogen and oxygen atoms in total. The normalized spacial score (nSPS) is 13.0. The topological polar surface area (TPSA) is 127 Å². The van der Waals surface area contributed by atoms with Crippen molar-refractivity contribution in [3.63, 3.8) is 0 Å². The summed E-state index contributed by atoms with van der Waals surface area (Å²) in [6, 6.07) is 11.2. The standard InChI is InChI=1S/C30H40N6O6/c1-34(19-13-24-10-4-7-16-31-24)28(37)40-22-27(42-30(39)36(3)21-15-26-12-6-9-18-33-26)23-41-29(38)35(2)20-14-25-11-5-8-17-32-25/h4,6-7,9-12,16-18,27H,5,8,13-15,19-23H2,1-3H3. The fourth-order valence-electron chi connectivity index (χ4n) is 3.84. The van der Waals surface area contributed by atoms with Gasteiger partial charge in [-0.15, -0.1) is 0 Å². The average Bonchev–Trinajstić information content (AvgIpc) is 3.03. The number of likely N-dealkylation sites (N-methyl/N-ethyl adjacent to an activating group) is 2. The lowest BCUT2D eigenvalue weighted by molar-refractivity contribution is -0.0128. The number of hydrogen-bond donors (Lipinski definition) is 0. The molecule has 0 spiro atoms. The van der Waals surface area contributed by atoms with Gasteiger partial charge in [0.1, 0.15) is 13.2 Å². The van der Waals surface area contributed by atoms with Gasteiger partial charge in [0, 0.05) is 95.7 Å². The molecule has 1 unspecified atom stereocenters. The van der Waals surface area contributed by atoms with Gasteiger partial charge < -0.3 is 28.9 Å². The van der Waals surface area contributed by atoms with Crippen molar-refractivity contribution in [1.82, 2.24) is 24.7 Å². The molecule has 1 atom stereocenters. The summed E-state index contributed by atoms with van der Waals surface area (Å²) in [5.41, 5.74) is 2.61. The van der Waals surface area contributed by atoms with Crippen molar-refractivity contribution < 1.29 is 28.6 Å². The zero-order valence-electron chi connectivity index (χ0n) is 24.6. The molecule has 2 aromatic heterocycles. The van der Waals surface area contributed by atoms with E-state index in [-0.39, 0.29) is 13.2 Å². The number of amides is 3. The number of aliphatic imine (C=N–C) groups is 1. The van der Waals surface area contributed by atoms with Gasteiger partial charge in [-0.3, -0.25) is 15.0 Å². The summed E-state index contributed by atoms with van der Waals surface area (Å²) in [6.45, 7) is 0.592. The lowest BCUT2D eigenvalue weighted by Gasteiger charge is -2.24. The summed E-state index contributed by atoms with van der Waals surface area (Å²) in [4.78, 5) is 55.2. The van der Waals surface area contributed by atoms with Gasteiger partial charge in [0.05, 0.1) is 0 Å². The molecule has 0 saturated carbocycles. The van der Waals surface area contributed by atoms with Gasteiger partial charge in [0.25, 0.3) is 0 Å². The Bertz CT molecular complexity index is 1190. The Hall–Kier alpha value is -4.48. The van der Waals surface area contributed by atoms with E-state index in [2.05, 4.69) is 21.0 Å². The summed E-state index contributed by atoms with van der Waals surface area (Å²) in [6.07, 6.45) is 8.04. The van der Waals surface area contributed by atoms with E-state index in [0.29, 0.717) is 38.9 Å². The average molecular weight is 581 g/mol. The van der Waals surface area contributed by atoms with E-state index in [0.717, 1.165) is 29.9 Å². The van der Waals surface area contributed by atoms with Gasteiger partial charge in [-0.05, 0) is 37.1 Å². The zero-order chi connectivity index (χ0) is 30.2. The van der Waals surface area contributed by atoms with E-state index < -0.39 is 24.4 Å².